The van der Waals surface area contributed by atoms with E-state index in [-0.39, 0.29) is 6.04 Å². The van der Waals surface area contributed by atoms with Gasteiger partial charge in [-0.15, -0.1) is 0 Å². The lowest BCUT2D eigenvalue weighted by molar-refractivity contribution is 0.527. The molecule has 0 bridgehead atoms. The normalized spacial score (nSPS) is 12.6. The number of hydrogen-bond acceptors (Lipinski definition) is 3. The molecule has 0 aliphatic rings. The second-order valence-corrected chi connectivity index (χ2v) is 6.02. The first-order valence-corrected chi connectivity index (χ1v) is 7.56. The van der Waals surface area contributed by atoms with Crippen molar-refractivity contribution >= 4 is 23.4 Å². The molecule has 1 unspecified atom stereocenters. The summed E-state index contributed by atoms with van der Waals surface area (Å²) in [6, 6.07) is 8.10. The highest BCUT2D eigenvalue weighted by atomic mass is 35.5. The van der Waals surface area contributed by atoms with Crippen molar-refractivity contribution < 1.29 is 4.42 Å². The van der Waals surface area contributed by atoms with Gasteiger partial charge in [0.15, 0.2) is 0 Å². The quantitative estimate of drug-likeness (QED) is 0.871. The second-order valence-electron chi connectivity index (χ2n) is 4.53. The fourth-order valence-electron chi connectivity index (χ4n) is 1.84. The largest absolute Gasteiger partial charge is 0.468 e. The van der Waals surface area contributed by atoms with Gasteiger partial charge >= 0.3 is 0 Å². The van der Waals surface area contributed by atoms with E-state index in [9.17, 15) is 0 Å². The monoisotopic (exact) mass is 295 g/mol. The summed E-state index contributed by atoms with van der Waals surface area (Å²) in [5.41, 5.74) is 7.19. The number of aryl methyl sites for hydroxylation is 1. The molecule has 0 saturated carbocycles. The Labute approximate surface area is 123 Å². The van der Waals surface area contributed by atoms with Crippen molar-refractivity contribution in [1.29, 1.82) is 0 Å². The zero-order chi connectivity index (χ0) is 13.8. The predicted octanol–water partition coefficient (Wildman–Crippen LogP) is 4.67. The lowest BCUT2D eigenvalue weighted by atomic mass is 10.0. The fourth-order valence-corrected chi connectivity index (χ4v) is 3.16. The first kappa shape index (κ1) is 14.5. The Morgan fingerprint density at radius 3 is 2.74 bits per heavy atom. The van der Waals surface area contributed by atoms with Crippen LogP contribution >= 0.6 is 23.4 Å². The van der Waals surface area contributed by atoms with Crippen molar-refractivity contribution in [3.8, 4) is 0 Å². The number of hydrogen-bond donors (Lipinski definition) is 1. The second kappa shape index (κ2) is 6.51. The van der Waals surface area contributed by atoms with Gasteiger partial charge in [-0.2, -0.15) is 0 Å². The van der Waals surface area contributed by atoms with Crippen molar-refractivity contribution in [3.05, 3.63) is 46.9 Å². The van der Waals surface area contributed by atoms with E-state index in [1.807, 2.05) is 25.1 Å². The van der Waals surface area contributed by atoms with E-state index >= 15 is 0 Å². The first-order chi connectivity index (χ1) is 9.11. The van der Waals surface area contributed by atoms with Crippen LogP contribution in [0.3, 0.4) is 0 Å². The third-order valence-electron chi connectivity index (χ3n) is 3.10. The molecular weight excluding hydrogens is 278 g/mol. The average molecular weight is 296 g/mol. The zero-order valence-corrected chi connectivity index (χ0v) is 12.7. The maximum atomic E-state index is 6.32. The van der Waals surface area contributed by atoms with Gasteiger partial charge in [-0.3, -0.25) is 0 Å². The van der Waals surface area contributed by atoms with Gasteiger partial charge < -0.3 is 10.2 Å². The van der Waals surface area contributed by atoms with Gasteiger partial charge in [0.2, 0.25) is 0 Å². The molecule has 0 spiro atoms. The lowest BCUT2D eigenvalue weighted by Crippen LogP contribution is -2.21. The molecule has 1 heterocycles. The standard InChI is InChI=1S/C15H18ClNOS/c1-3-11(17)9-12-13(16)5-4-6-15(12)19-14-7-8-18-10(14)2/h4-8,11H,3,9,17H2,1-2H3. The summed E-state index contributed by atoms with van der Waals surface area (Å²) in [6.07, 6.45) is 3.45. The summed E-state index contributed by atoms with van der Waals surface area (Å²) in [5.74, 6) is 0.927. The van der Waals surface area contributed by atoms with Crippen LogP contribution in [0.5, 0.6) is 0 Å². The summed E-state index contributed by atoms with van der Waals surface area (Å²) >= 11 is 8.00. The van der Waals surface area contributed by atoms with Gasteiger partial charge in [0.25, 0.3) is 0 Å². The third kappa shape index (κ3) is 3.56. The topological polar surface area (TPSA) is 39.2 Å². The Hall–Kier alpha value is -0.900. The van der Waals surface area contributed by atoms with Gasteiger partial charge in [-0.1, -0.05) is 36.4 Å². The Balaban J connectivity index is 2.29. The highest BCUT2D eigenvalue weighted by Crippen LogP contribution is 2.36. The summed E-state index contributed by atoms with van der Waals surface area (Å²) < 4.78 is 5.33. The molecule has 2 rings (SSSR count). The fraction of sp³-hybridized carbons (Fsp3) is 0.333. The van der Waals surface area contributed by atoms with Gasteiger partial charge in [0, 0.05) is 16.0 Å². The van der Waals surface area contributed by atoms with E-state index in [1.165, 1.54) is 0 Å². The first-order valence-electron chi connectivity index (χ1n) is 6.36. The van der Waals surface area contributed by atoms with Crippen molar-refractivity contribution in [2.75, 3.05) is 0 Å². The Bertz CT molecular complexity index is 553. The number of benzene rings is 1. The van der Waals surface area contributed by atoms with E-state index in [4.69, 9.17) is 21.8 Å². The average Bonchev–Trinajstić information content (AvgIpc) is 2.79. The summed E-state index contributed by atoms with van der Waals surface area (Å²) in [5, 5.41) is 0.787. The number of nitrogens with two attached hydrogens (primary N) is 1. The van der Waals surface area contributed by atoms with Gasteiger partial charge in [0.1, 0.15) is 5.76 Å². The third-order valence-corrected chi connectivity index (χ3v) is 4.70. The van der Waals surface area contributed by atoms with Gasteiger partial charge in [0.05, 0.1) is 11.2 Å². The molecule has 4 heteroatoms. The molecule has 0 amide bonds. The molecule has 102 valence electrons. The Morgan fingerprint density at radius 1 is 1.32 bits per heavy atom. The van der Waals surface area contributed by atoms with E-state index in [1.54, 1.807) is 18.0 Å². The minimum atomic E-state index is 0.143. The molecule has 19 heavy (non-hydrogen) atoms. The molecule has 2 N–H and O–H groups in total. The maximum absolute atomic E-state index is 6.32. The van der Waals surface area contributed by atoms with Crippen LogP contribution in [-0.2, 0) is 6.42 Å². The van der Waals surface area contributed by atoms with Crippen molar-refractivity contribution in [1.82, 2.24) is 0 Å². The predicted molar refractivity (Wildman–Crippen MR) is 81.0 cm³/mol. The molecular formula is C15H18ClNOS. The lowest BCUT2D eigenvalue weighted by Gasteiger charge is -2.14. The Morgan fingerprint density at radius 2 is 2.11 bits per heavy atom. The summed E-state index contributed by atoms with van der Waals surface area (Å²) in [6.45, 7) is 4.05. The molecule has 1 atom stereocenters. The number of halogens is 1. The highest BCUT2D eigenvalue weighted by molar-refractivity contribution is 7.99. The van der Waals surface area contributed by atoms with Crippen LogP contribution in [0.4, 0.5) is 0 Å². The van der Waals surface area contributed by atoms with Crippen LogP contribution in [0.25, 0.3) is 0 Å². The van der Waals surface area contributed by atoms with E-state index in [0.717, 1.165) is 39.0 Å². The molecule has 0 aliphatic carbocycles. The van der Waals surface area contributed by atoms with E-state index < -0.39 is 0 Å². The van der Waals surface area contributed by atoms with Gasteiger partial charge in [-0.05, 0) is 43.5 Å². The molecule has 0 fully saturated rings. The minimum Gasteiger partial charge on any atom is -0.468 e. The zero-order valence-electron chi connectivity index (χ0n) is 11.2. The van der Waals surface area contributed by atoms with Gasteiger partial charge in [-0.25, -0.2) is 0 Å². The Kier molecular flexibility index (Phi) is 4.97. The summed E-state index contributed by atoms with van der Waals surface area (Å²) in [4.78, 5) is 2.27. The van der Waals surface area contributed by atoms with Crippen LogP contribution in [0.15, 0.2) is 44.7 Å². The van der Waals surface area contributed by atoms with Crippen molar-refractivity contribution in [2.24, 2.45) is 5.73 Å². The van der Waals surface area contributed by atoms with Crippen molar-refractivity contribution in [2.45, 2.75) is 42.5 Å². The number of rotatable bonds is 5. The highest BCUT2D eigenvalue weighted by Gasteiger charge is 2.13. The molecule has 0 saturated heterocycles. The molecule has 0 radical (unpaired) electrons. The molecule has 0 aliphatic heterocycles. The van der Waals surface area contributed by atoms with Crippen LogP contribution in [0.2, 0.25) is 5.02 Å². The molecule has 1 aromatic heterocycles. The number of furan rings is 1. The van der Waals surface area contributed by atoms with Crippen LogP contribution in [0.1, 0.15) is 24.7 Å². The van der Waals surface area contributed by atoms with E-state index in [2.05, 4.69) is 13.0 Å². The summed E-state index contributed by atoms with van der Waals surface area (Å²) in [7, 11) is 0. The SMILES string of the molecule is CCC(N)Cc1c(Cl)cccc1Sc1ccoc1C. The van der Waals surface area contributed by atoms with Crippen LogP contribution < -0.4 is 5.73 Å². The molecule has 2 nitrogen and oxygen atoms in total. The molecule has 2 aromatic rings. The van der Waals surface area contributed by atoms with Crippen LogP contribution in [-0.4, -0.2) is 6.04 Å². The van der Waals surface area contributed by atoms with Crippen LogP contribution in [0, 0.1) is 6.92 Å². The molecule has 1 aromatic carbocycles. The maximum Gasteiger partial charge on any atom is 0.114 e. The smallest absolute Gasteiger partial charge is 0.114 e. The van der Waals surface area contributed by atoms with Crippen molar-refractivity contribution in [3.63, 3.8) is 0 Å². The van der Waals surface area contributed by atoms with E-state index in [0.29, 0.717) is 0 Å². The minimum absolute atomic E-state index is 0.143.